The molecule has 2 aromatic carbocycles. The van der Waals surface area contributed by atoms with Crippen LogP contribution in [0.15, 0.2) is 53.4 Å². The van der Waals surface area contributed by atoms with Crippen LogP contribution < -0.4 is 9.46 Å². The van der Waals surface area contributed by atoms with Gasteiger partial charge in [-0.1, -0.05) is 38.1 Å². The van der Waals surface area contributed by atoms with E-state index in [9.17, 15) is 13.2 Å². The number of rotatable bonds is 5. The van der Waals surface area contributed by atoms with Crippen molar-refractivity contribution >= 4 is 21.9 Å². The number of amides is 1. The van der Waals surface area contributed by atoms with E-state index in [1.54, 1.807) is 25.3 Å². The van der Waals surface area contributed by atoms with E-state index in [1.165, 1.54) is 12.1 Å². The van der Waals surface area contributed by atoms with Crippen LogP contribution in [0, 0.1) is 31.6 Å². The zero-order valence-corrected chi connectivity index (χ0v) is 26.9. The lowest BCUT2D eigenvalue weighted by molar-refractivity contribution is 0.0413. The number of carbonyl (C=O) groups is 1. The maximum atomic E-state index is 14.4. The molecule has 5 atom stereocenters. The summed E-state index contributed by atoms with van der Waals surface area (Å²) in [5.74, 6) is 1.32. The quantitative estimate of drug-likeness (QED) is 0.373. The Morgan fingerprint density at radius 3 is 2.34 bits per heavy atom. The molecule has 2 unspecified atom stereocenters. The predicted molar refractivity (Wildman–Crippen MR) is 169 cm³/mol. The Kier molecular flexibility index (Phi) is 8.41. The molecule has 1 aromatic heterocycles. The Morgan fingerprint density at radius 2 is 1.68 bits per heavy atom. The van der Waals surface area contributed by atoms with Crippen molar-refractivity contribution in [2.45, 2.75) is 82.9 Å². The highest BCUT2D eigenvalue weighted by Crippen LogP contribution is 2.47. The molecule has 234 valence electrons. The Labute approximate surface area is 260 Å². The summed E-state index contributed by atoms with van der Waals surface area (Å²) in [6.45, 7) is 8.52. The largest absolute Gasteiger partial charge is 0.475 e. The van der Waals surface area contributed by atoms with Gasteiger partial charge in [0.25, 0.3) is 15.9 Å². The van der Waals surface area contributed by atoms with E-state index in [0.29, 0.717) is 29.0 Å². The van der Waals surface area contributed by atoms with Gasteiger partial charge in [-0.2, -0.15) is 4.98 Å². The van der Waals surface area contributed by atoms with Crippen molar-refractivity contribution in [1.82, 2.24) is 14.9 Å². The van der Waals surface area contributed by atoms with E-state index in [2.05, 4.69) is 28.5 Å². The van der Waals surface area contributed by atoms with Crippen LogP contribution in [0.1, 0.15) is 67.4 Å². The molecule has 2 aliphatic carbocycles. The molecule has 6 rings (SSSR count). The first-order chi connectivity index (χ1) is 21.0. The van der Waals surface area contributed by atoms with Crippen molar-refractivity contribution in [2.75, 3.05) is 18.4 Å². The summed E-state index contributed by atoms with van der Waals surface area (Å²) in [7, 11) is -2.33. The van der Waals surface area contributed by atoms with Crippen LogP contribution in [0.3, 0.4) is 0 Å². The SMILES string of the molecule is COC1C[C@@H]2CC(N3C(=O)c4cccc(c4)S(=O)(=O)Nc4nc(cc(-c5c(C)cccc5C)n4)OC[C@H]3CC(C)C)C[C@@H]2C1. The van der Waals surface area contributed by atoms with Crippen molar-refractivity contribution in [3.8, 4) is 17.1 Å². The third-order valence-corrected chi connectivity index (χ3v) is 10.9. The predicted octanol–water partition coefficient (Wildman–Crippen LogP) is 6.01. The molecule has 1 N–H and O–H groups in total. The highest BCUT2D eigenvalue weighted by molar-refractivity contribution is 7.92. The number of hydrogen-bond acceptors (Lipinski definition) is 7. The van der Waals surface area contributed by atoms with E-state index >= 15 is 0 Å². The number of nitrogens with zero attached hydrogens (tertiary/aromatic N) is 3. The first-order valence-corrected chi connectivity index (χ1v) is 17.1. The number of anilines is 1. The highest BCUT2D eigenvalue weighted by atomic mass is 32.2. The van der Waals surface area contributed by atoms with Crippen LogP contribution in [0.5, 0.6) is 5.88 Å². The Morgan fingerprint density at radius 1 is 1.00 bits per heavy atom. The van der Waals surface area contributed by atoms with E-state index in [1.807, 2.05) is 36.9 Å². The molecule has 2 saturated carbocycles. The topological polar surface area (TPSA) is 111 Å². The first kappa shape index (κ1) is 30.5. The van der Waals surface area contributed by atoms with Gasteiger partial charge in [0.2, 0.25) is 11.8 Å². The normalized spacial score (nSPS) is 26.3. The molecule has 0 radical (unpaired) electrons. The highest BCUT2D eigenvalue weighted by Gasteiger charge is 2.46. The Balaban J connectivity index is 1.45. The number of methoxy groups -OCH3 is 1. The lowest BCUT2D eigenvalue weighted by atomic mass is 9.98. The molecule has 44 heavy (non-hydrogen) atoms. The minimum atomic E-state index is -4.11. The lowest BCUT2D eigenvalue weighted by Gasteiger charge is -2.38. The molecular formula is C34H42N4O5S. The van der Waals surface area contributed by atoms with Crippen LogP contribution >= 0.6 is 0 Å². The smallest absolute Gasteiger partial charge is 0.264 e. The van der Waals surface area contributed by atoms with E-state index < -0.39 is 10.0 Å². The third kappa shape index (κ3) is 6.06. The minimum absolute atomic E-state index is 0.0160. The second-order valence-electron chi connectivity index (χ2n) is 13.1. The summed E-state index contributed by atoms with van der Waals surface area (Å²) in [6, 6.07) is 13.8. The second kappa shape index (κ2) is 12.1. The first-order valence-electron chi connectivity index (χ1n) is 15.6. The van der Waals surface area contributed by atoms with E-state index in [-0.39, 0.29) is 47.4 Å². The molecule has 0 saturated heterocycles. The molecular weight excluding hydrogens is 576 g/mol. The van der Waals surface area contributed by atoms with Gasteiger partial charge >= 0.3 is 0 Å². The van der Waals surface area contributed by atoms with Crippen LogP contribution in [0.2, 0.25) is 0 Å². The minimum Gasteiger partial charge on any atom is -0.475 e. The molecule has 2 heterocycles. The van der Waals surface area contributed by atoms with Gasteiger partial charge in [0.15, 0.2) is 0 Å². The van der Waals surface area contributed by atoms with Gasteiger partial charge in [-0.25, -0.2) is 18.1 Å². The molecule has 10 heteroatoms. The molecule has 1 aliphatic heterocycles. The summed E-state index contributed by atoms with van der Waals surface area (Å²) in [4.78, 5) is 25.6. The van der Waals surface area contributed by atoms with Gasteiger partial charge in [-0.3, -0.25) is 4.79 Å². The monoisotopic (exact) mass is 618 g/mol. The number of benzene rings is 2. The zero-order chi connectivity index (χ0) is 31.2. The van der Waals surface area contributed by atoms with Crippen LogP contribution in [-0.4, -0.2) is 61.1 Å². The van der Waals surface area contributed by atoms with Gasteiger partial charge in [-0.05, 0) is 93.0 Å². The molecule has 4 bridgehead atoms. The molecule has 0 spiro atoms. The van der Waals surface area contributed by atoms with Crippen molar-refractivity contribution in [3.05, 3.63) is 65.2 Å². The summed E-state index contributed by atoms with van der Waals surface area (Å²) < 4.78 is 41.9. The van der Waals surface area contributed by atoms with Crippen molar-refractivity contribution < 1.29 is 22.7 Å². The maximum Gasteiger partial charge on any atom is 0.264 e. The van der Waals surface area contributed by atoms with Crippen molar-refractivity contribution in [1.29, 1.82) is 0 Å². The molecule has 3 aliphatic rings. The number of nitrogens with one attached hydrogen (secondary N) is 1. The number of ether oxygens (including phenoxy) is 2. The number of sulfonamides is 1. The van der Waals surface area contributed by atoms with Crippen molar-refractivity contribution in [2.24, 2.45) is 17.8 Å². The van der Waals surface area contributed by atoms with Gasteiger partial charge in [0.1, 0.15) is 6.61 Å². The second-order valence-corrected chi connectivity index (χ2v) is 14.8. The molecule has 9 nitrogen and oxygen atoms in total. The van der Waals surface area contributed by atoms with Crippen LogP contribution in [-0.2, 0) is 14.8 Å². The number of aromatic nitrogens is 2. The summed E-state index contributed by atoms with van der Waals surface area (Å²) in [5.41, 5.74) is 3.82. The van der Waals surface area contributed by atoms with Gasteiger partial charge in [0.05, 0.1) is 22.7 Å². The van der Waals surface area contributed by atoms with E-state index in [0.717, 1.165) is 48.8 Å². The Hall–Kier alpha value is -3.50. The average Bonchev–Trinajstić information content (AvgIpc) is 3.54. The summed E-state index contributed by atoms with van der Waals surface area (Å²) in [5, 5.41) is 0. The van der Waals surface area contributed by atoms with Gasteiger partial charge in [0, 0.05) is 30.3 Å². The maximum absolute atomic E-state index is 14.4. The summed E-state index contributed by atoms with van der Waals surface area (Å²) in [6.07, 6.45) is 4.83. The summed E-state index contributed by atoms with van der Waals surface area (Å²) >= 11 is 0. The molecule has 3 aromatic rings. The van der Waals surface area contributed by atoms with Crippen molar-refractivity contribution in [3.63, 3.8) is 0 Å². The zero-order valence-electron chi connectivity index (χ0n) is 26.1. The number of hydrogen-bond donors (Lipinski definition) is 1. The standard InChI is InChI=1S/C34H42N4O5S/c1-20(2)12-27-19-43-31-18-30(32-21(3)8-6-9-22(32)4)35-34(36-31)37-44(40,41)29-11-7-10-23(17-29)33(39)38(27)26-13-24-15-28(42-5)16-25(24)14-26/h6-11,17-18,20,24-28H,12-16,19H2,1-5H3,(H,35,36,37)/t24-,25+,26?,27-,28?/m1/s1. The Bertz CT molecular complexity index is 1620. The number of fused-ring (bicyclic) bond motifs is 5. The van der Waals surface area contributed by atoms with Gasteiger partial charge < -0.3 is 14.4 Å². The third-order valence-electron chi connectivity index (χ3n) is 9.53. The fourth-order valence-corrected chi connectivity index (χ4v) is 8.57. The average molecular weight is 619 g/mol. The molecule has 2 fully saturated rings. The lowest BCUT2D eigenvalue weighted by Crippen LogP contribution is -2.50. The van der Waals surface area contributed by atoms with Crippen LogP contribution in [0.4, 0.5) is 5.95 Å². The number of aryl methyl sites for hydroxylation is 2. The van der Waals surface area contributed by atoms with E-state index in [4.69, 9.17) is 9.47 Å². The fraction of sp³-hybridized carbons (Fsp3) is 0.500. The number of carbonyl (C=O) groups excluding carboxylic acids is 1. The molecule has 1 amide bonds. The van der Waals surface area contributed by atoms with Gasteiger partial charge in [-0.15, -0.1) is 0 Å². The van der Waals surface area contributed by atoms with Crippen LogP contribution in [0.25, 0.3) is 11.3 Å². The fourth-order valence-electron chi connectivity index (χ4n) is 7.58.